The van der Waals surface area contributed by atoms with Crippen LogP contribution in [0.5, 0.6) is 11.5 Å². The molecular weight excluding hydrogens is 358 g/mol. The lowest BCUT2D eigenvalue weighted by Crippen LogP contribution is -2.38. The van der Waals surface area contributed by atoms with Gasteiger partial charge in [-0.1, -0.05) is 0 Å². The van der Waals surface area contributed by atoms with Crippen LogP contribution in [0, 0.1) is 0 Å². The Labute approximate surface area is 158 Å². The topological polar surface area (TPSA) is 72.8 Å². The summed E-state index contributed by atoms with van der Waals surface area (Å²) in [5.41, 5.74) is -0.209. The Morgan fingerprint density at radius 3 is 2.65 bits per heavy atom. The lowest BCUT2D eigenvalue weighted by molar-refractivity contribution is -0.131. The number of carbonyl (C=O) groups is 1. The molecule has 1 aromatic carbocycles. The van der Waals surface area contributed by atoms with E-state index in [4.69, 9.17) is 9.47 Å². The summed E-state index contributed by atoms with van der Waals surface area (Å²) in [5.74, 6) is 1.06. The highest BCUT2D eigenvalue weighted by Gasteiger charge is 2.18. The number of nitrogens with zero attached hydrogens (tertiary/aromatic N) is 2. The number of pyridine rings is 1. The first-order valence-electron chi connectivity index (χ1n) is 8.38. The summed E-state index contributed by atoms with van der Waals surface area (Å²) in [6.45, 7) is 3.14. The zero-order valence-electron chi connectivity index (χ0n) is 15.0. The second kappa shape index (κ2) is 8.91. The zero-order chi connectivity index (χ0) is 17.8. The minimum absolute atomic E-state index is 0. The van der Waals surface area contributed by atoms with E-state index in [1.807, 2.05) is 4.90 Å². The van der Waals surface area contributed by atoms with Crippen LogP contribution in [0.25, 0.3) is 10.8 Å². The molecule has 1 fully saturated rings. The SMILES string of the molecule is COc1ccc2c(=O)n(CC(=O)N3CCCNCC3)ccc2c1OC.Cl. The Hall–Kier alpha value is -2.25. The molecule has 1 aromatic heterocycles. The zero-order valence-corrected chi connectivity index (χ0v) is 15.8. The predicted molar refractivity (Wildman–Crippen MR) is 103 cm³/mol. The van der Waals surface area contributed by atoms with Crippen molar-refractivity contribution in [2.75, 3.05) is 40.4 Å². The van der Waals surface area contributed by atoms with Gasteiger partial charge in [-0.3, -0.25) is 9.59 Å². The molecule has 0 atom stereocenters. The Morgan fingerprint density at radius 2 is 1.92 bits per heavy atom. The number of ether oxygens (including phenoxy) is 2. The number of aromatic nitrogens is 1. The number of methoxy groups -OCH3 is 2. The summed E-state index contributed by atoms with van der Waals surface area (Å²) < 4.78 is 12.1. The third kappa shape index (κ3) is 3.94. The van der Waals surface area contributed by atoms with E-state index in [9.17, 15) is 9.59 Å². The maximum absolute atomic E-state index is 12.8. The van der Waals surface area contributed by atoms with Crippen molar-refractivity contribution in [3.8, 4) is 11.5 Å². The van der Waals surface area contributed by atoms with Gasteiger partial charge in [-0.25, -0.2) is 0 Å². The number of amides is 1. The third-order valence-corrected chi connectivity index (χ3v) is 4.49. The number of rotatable bonds is 4. The van der Waals surface area contributed by atoms with Crippen LogP contribution in [0.4, 0.5) is 0 Å². The minimum Gasteiger partial charge on any atom is -0.493 e. The van der Waals surface area contributed by atoms with E-state index in [0.717, 1.165) is 26.1 Å². The molecule has 26 heavy (non-hydrogen) atoms. The summed E-state index contributed by atoms with van der Waals surface area (Å²) in [6.07, 6.45) is 2.57. The van der Waals surface area contributed by atoms with Gasteiger partial charge in [0, 0.05) is 31.2 Å². The van der Waals surface area contributed by atoms with Gasteiger partial charge in [0.15, 0.2) is 11.5 Å². The van der Waals surface area contributed by atoms with Gasteiger partial charge >= 0.3 is 0 Å². The molecular formula is C18H24ClN3O4. The van der Waals surface area contributed by atoms with Crippen LogP contribution < -0.4 is 20.3 Å². The van der Waals surface area contributed by atoms with Gasteiger partial charge in [-0.2, -0.15) is 0 Å². The first-order valence-corrected chi connectivity index (χ1v) is 8.38. The molecule has 0 spiro atoms. The van der Waals surface area contributed by atoms with Gasteiger partial charge in [-0.05, 0) is 31.2 Å². The Kier molecular flexibility index (Phi) is 6.88. The van der Waals surface area contributed by atoms with Gasteiger partial charge in [0.1, 0.15) is 6.54 Å². The number of fused-ring (bicyclic) bond motifs is 1. The Bertz CT molecular complexity index is 829. The van der Waals surface area contributed by atoms with Crippen molar-refractivity contribution in [3.63, 3.8) is 0 Å². The van der Waals surface area contributed by atoms with Crippen molar-refractivity contribution in [3.05, 3.63) is 34.7 Å². The molecule has 0 unspecified atom stereocenters. The fourth-order valence-electron chi connectivity index (χ4n) is 3.16. The van der Waals surface area contributed by atoms with Crippen LogP contribution in [0.3, 0.4) is 0 Å². The fourth-order valence-corrected chi connectivity index (χ4v) is 3.16. The molecule has 0 saturated carbocycles. The normalized spacial score (nSPS) is 14.5. The van der Waals surface area contributed by atoms with E-state index >= 15 is 0 Å². The number of nitrogens with one attached hydrogen (secondary N) is 1. The highest BCUT2D eigenvalue weighted by Crippen LogP contribution is 2.33. The summed E-state index contributed by atoms with van der Waals surface area (Å²) >= 11 is 0. The first kappa shape index (κ1) is 20.1. The summed E-state index contributed by atoms with van der Waals surface area (Å²) in [4.78, 5) is 27.1. The minimum atomic E-state index is -0.209. The second-order valence-electron chi connectivity index (χ2n) is 6.00. The van der Waals surface area contributed by atoms with Gasteiger partial charge in [0.2, 0.25) is 5.91 Å². The molecule has 1 aliphatic rings. The highest BCUT2D eigenvalue weighted by molar-refractivity contribution is 5.90. The summed E-state index contributed by atoms with van der Waals surface area (Å²) in [6, 6.07) is 5.19. The van der Waals surface area contributed by atoms with E-state index in [1.54, 1.807) is 38.6 Å². The van der Waals surface area contributed by atoms with Crippen molar-refractivity contribution in [2.45, 2.75) is 13.0 Å². The lowest BCUT2D eigenvalue weighted by atomic mass is 10.1. The molecule has 0 aliphatic carbocycles. The van der Waals surface area contributed by atoms with E-state index in [2.05, 4.69) is 5.32 Å². The number of carbonyl (C=O) groups excluding carboxylic acids is 1. The maximum Gasteiger partial charge on any atom is 0.259 e. The van der Waals surface area contributed by atoms with Crippen LogP contribution in [0.2, 0.25) is 0 Å². The van der Waals surface area contributed by atoms with Gasteiger partial charge in [-0.15, -0.1) is 12.4 Å². The molecule has 8 heteroatoms. The van der Waals surface area contributed by atoms with Crippen molar-refractivity contribution in [1.29, 1.82) is 0 Å². The Morgan fingerprint density at radius 1 is 1.12 bits per heavy atom. The van der Waals surface area contributed by atoms with Crippen molar-refractivity contribution in [1.82, 2.24) is 14.8 Å². The molecule has 1 N–H and O–H groups in total. The third-order valence-electron chi connectivity index (χ3n) is 4.49. The largest absolute Gasteiger partial charge is 0.493 e. The molecule has 0 bridgehead atoms. The Balaban J connectivity index is 0.00000243. The number of benzene rings is 1. The molecule has 2 aromatic rings. The average molecular weight is 382 g/mol. The summed E-state index contributed by atoms with van der Waals surface area (Å²) in [5, 5.41) is 4.45. The van der Waals surface area contributed by atoms with E-state index in [-0.39, 0.29) is 30.4 Å². The molecule has 1 aliphatic heterocycles. The number of hydrogen-bond acceptors (Lipinski definition) is 5. The standard InChI is InChI=1S/C18H23N3O4.ClH/c1-24-15-5-4-14-13(17(15)25-2)6-10-21(18(14)23)12-16(22)20-9-3-7-19-8-11-20;/h4-6,10,19H,3,7-9,11-12H2,1-2H3;1H. The highest BCUT2D eigenvalue weighted by atomic mass is 35.5. The van der Waals surface area contributed by atoms with Crippen LogP contribution in [-0.2, 0) is 11.3 Å². The fraction of sp³-hybridized carbons (Fsp3) is 0.444. The van der Waals surface area contributed by atoms with Crippen LogP contribution in [0.15, 0.2) is 29.2 Å². The second-order valence-corrected chi connectivity index (χ2v) is 6.00. The van der Waals surface area contributed by atoms with Crippen LogP contribution in [0.1, 0.15) is 6.42 Å². The van der Waals surface area contributed by atoms with Gasteiger partial charge in [0.25, 0.3) is 5.56 Å². The number of hydrogen-bond donors (Lipinski definition) is 1. The van der Waals surface area contributed by atoms with Gasteiger partial charge in [0.05, 0.1) is 19.6 Å². The quantitative estimate of drug-likeness (QED) is 0.863. The molecule has 1 saturated heterocycles. The molecule has 0 radical (unpaired) electrons. The number of halogens is 1. The smallest absolute Gasteiger partial charge is 0.259 e. The van der Waals surface area contributed by atoms with Gasteiger partial charge < -0.3 is 24.3 Å². The molecule has 142 valence electrons. The van der Waals surface area contributed by atoms with E-state index in [0.29, 0.717) is 28.8 Å². The molecule has 3 rings (SSSR count). The van der Waals surface area contributed by atoms with Crippen LogP contribution in [-0.4, -0.2) is 55.8 Å². The molecule has 2 heterocycles. The molecule has 1 amide bonds. The molecule has 7 nitrogen and oxygen atoms in total. The van der Waals surface area contributed by atoms with Crippen molar-refractivity contribution >= 4 is 29.1 Å². The maximum atomic E-state index is 12.8. The average Bonchev–Trinajstić information content (AvgIpc) is 2.92. The predicted octanol–water partition coefficient (Wildman–Crippen LogP) is 1.26. The monoisotopic (exact) mass is 381 g/mol. The van der Waals surface area contributed by atoms with Crippen molar-refractivity contribution in [2.24, 2.45) is 0 Å². The first-order chi connectivity index (χ1) is 12.2. The van der Waals surface area contributed by atoms with E-state index < -0.39 is 0 Å². The van der Waals surface area contributed by atoms with E-state index in [1.165, 1.54) is 4.57 Å². The summed E-state index contributed by atoms with van der Waals surface area (Å²) in [7, 11) is 3.10. The lowest BCUT2D eigenvalue weighted by Gasteiger charge is -2.20. The van der Waals surface area contributed by atoms with Crippen molar-refractivity contribution < 1.29 is 14.3 Å². The van der Waals surface area contributed by atoms with Crippen LogP contribution >= 0.6 is 12.4 Å².